The predicted octanol–water partition coefficient (Wildman–Crippen LogP) is 3.84. The van der Waals surface area contributed by atoms with E-state index in [0.29, 0.717) is 0 Å². The summed E-state index contributed by atoms with van der Waals surface area (Å²) in [5.41, 5.74) is 1.26. The zero-order valence-corrected chi connectivity index (χ0v) is 15.0. The van der Waals surface area contributed by atoms with Crippen molar-refractivity contribution in [1.82, 2.24) is 5.32 Å². The normalized spacial score (nSPS) is 12.3. The van der Waals surface area contributed by atoms with Crippen LogP contribution >= 0.6 is 0 Å². The van der Waals surface area contributed by atoms with E-state index >= 15 is 0 Å². The van der Waals surface area contributed by atoms with Gasteiger partial charge in [0.2, 0.25) is 0 Å². The van der Waals surface area contributed by atoms with Crippen LogP contribution in [0.15, 0.2) is 18.2 Å². The van der Waals surface area contributed by atoms with E-state index in [1.165, 1.54) is 5.56 Å². The number of rotatable bonds is 6. The summed E-state index contributed by atoms with van der Waals surface area (Å²) in [6, 6.07) is 6.26. The highest BCUT2D eigenvalue weighted by Crippen LogP contribution is 2.40. The Balaban J connectivity index is 2.96. The van der Waals surface area contributed by atoms with Gasteiger partial charge < -0.3 is 14.5 Å². The van der Waals surface area contributed by atoms with Crippen molar-refractivity contribution in [3.05, 3.63) is 23.8 Å². The zero-order valence-electron chi connectivity index (χ0n) is 14.0. The number of hydrogen-bond donors (Lipinski definition) is 1. The monoisotopic (exact) mass is 295 g/mol. The van der Waals surface area contributed by atoms with Crippen molar-refractivity contribution in [2.24, 2.45) is 0 Å². The lowest BCUT2D eigenvalue weighted by molar-refractivity contribution is 0.385. The first-order valence-corrected chi connectivity index (χ1v) is 10.1. The molecule has 0 spiro atoms. The molecule has 4 heteroatoms. The number of hydrogen-bond acceptors (Lipinski definition) is 3. The van der Waals surface area contributed by atoms with Gasteiger partial charge in [0.25, 0.3) is 8.32 Å². The molecular weight excluding hydrogens is 266 g/mol. The van der Waals surface area contributed by atoms with Crippen molar-refractivity contribution in [3.8, 4) is 11.5 Å². The molecule has 0 aliphatic rings. The van der Waals surface area contributed by atoms with E-state index in [4.69, 9.17) is 9.16 Å². The van der Waals surface area contributed by atoms with Gasteiger partial charge in [-0.15, -0.1) is 0 Å². The summed E-state index contributed by atoms with van der Waals surface area (Å²) in [6.07, 6.45) is 0.993. The number of benzene rings is 1. The number of methoxy groups -OCH3 is 1. The van der Waals surface area contributed by atoms with Crippen LogP contribution in [0.25, 0.3) is 0 Å². The Hall–Kier alpha value is -1.00. The molecule has 114 valence electrons. The molecule has 0 unspecified atom stereocenters. The molecule has 1 N–H and O–H groups in total. The van der Waals surface area contributed by atoms with Crippen LogP contribution in [0, 0.1) is 0 Å². The maximum absolute atomic E-state index is 6.35. The highest BCUT2D eigenvalue weighted by atomic mass is 28.4. The predicted molar refractivity (Wildman–Crippen MR) is 88.4 cm³/mol. The lowest BCUT2D eigenvalue weighted by Gasteiger charge is -2.36. The summed E-state index contributed by atoms with van der Waals surface area (Å²) >= 11 is 0. The van der Waals surface area contributed by atoms with Crippen molar-refractivity contribution in [1.29, 1.82) is 0 Å². The minimum Gasteiger partial charge on any atom is -0.541 e. The SMILES string of the molecule is CNCCc1ccc(O[Si](C)(C)C(C)(C)C)c(OC)c1. The molecule has 0 heterocycles. The molecule has 1 rings (SSSR count). The first kappa shape index (κ1) is 17.0. The Morgan fingerprint density at radius 3 is 2.30 bits per heavy atom. The Morgan fingerprint density at radius 1 is 1.15 bits per heavy atom. The third-order valence-corrected chi connectivity index (χ3v) is 8.41. The Kier molecular flexibility index (Phi) is 5.65. The summed E-state index contributed by atoms with van der Waals surface area (Å²) < 4.78 is 11.8. The molecule has 0 saturated heterocycles. The Bertz CT molecular complexity index is 439. The van der Waals surface area contributed by atoms with Crippen molar-refractivity contribution >= 4 is 8.32 Å². The van der Waals surface area contributed by atoms with Gasteiger partial charge in [-0.2, -0.15) is 0 Å². The van der Waals surface area contributed by atoms with Crippen LogP contribution in [-0.2, 0) is 6.42 Å². The summed E-state index contributed by atoms with van der Waals surface area (Å²) in [5.74, 6) is 1.70. The third kappa shape index (κ3) is 4.25. The molecule has 1 aromatic carbocycles. The van der Waals surface area contributed by atoms with Crippen LogP contribution in [0.3, 0.4) is 0 Å². The van der Waals surface area contributed by atoms with Crippen LogP contribution in [0.1, 0.15) is 26.3 Å². The molecule has 0 radical (unpaired) electrons. The zero-order chi connectivity index (χ0) is 15.4. The Labute approximate surface area is 124 Å². The summed E-state index contributed by atoms with van der Waals surface area (Å²) in [6.45, 7) is 12.2. The smallest absolute Gasteiger partial charge is 0.250 e. The van der Waals surface area contributed by atoms with E-state index in [-0.39, 0.29) is 5.04 Å². The highest BCUT2D eigenvalue weighted by molar-refractivity contribution is 6.74. The summed E-state index contributed by atoms with van der Waals surface area (Å²) in [5, 5.41) is 3.34. The first-order chi connectivity index (χ1) is 9.21. The van der Waals surface area contributed by atoms with Gasteiger partial charge in [0.15, 0.2) is 5.75 Å². The molecule has 3 nitrogen and oxygen atoms in total. The fourth-order valence-electron chi connectivity index (χ4n) is 1.65. The van der Waals surface area contributed by atoms with Crippen molar-refractivity contribution in [3.63, 3.8) is 0 Å². The fraction of sp³-hybridized carbons (Fsp3) is 0.625. The molecule has 0 aliphatic heterocycles. The Morgan fingerprint density at radius 2 is 1.80 bits per heavy atom. The molecule has 20 heavy (non-hydrogen) atoms. The highest BCUT2D eigenvalue weighted by Gasteiger charge is 2.39. The largest absolute Gasteiger partial charge is 0.541 e. The van der Waals surface area contributed by atoms with Crippen LogP contribution in [-0.4, -0.2) is 29.0 Å². The molecule has 0 aliphatic carbocycles. The minimum absolute atomic E-state index is 0.183. The molecule has 0 atom stereocenters. The van der Waals surface area contributed by atoms with Gasteiger partial charge in [-0.05, 0) is 55.8 Å². The second kappa shape index (κ2) is 6.63. The topological polar surface area (TPSA) is 30.5 Å². The van der Waals surface area contributed by atoms with Gasteiger partial charge >= 0.3 is 0 Å². The number of ether oxygens (including phenoxy) is 1. The average molecular weight is 295 g/mol. The lowest BCUT2D eigenvalue weighted by atomic mass is 10.1. The summed E-state index contributed by atoms with van der Waals surface area (Å²) in [7, 11) is 1.84. The third-order valence-electron chi connectivity index (χ3n) is 4.06. The maximum atomic E-state index is 6.35. The molecule has 0 saturated carbocycles. The molecule has 1 aromatic rings. The van der Waals surface area contributed by atoms with Crippen LogP contribution in [0.4, 0.5) is 0 Å². The van der Waals surface area contributed by atoms with Crippen LogP contribution in [0.2, 0.25) is 18.1 Å². The molecule has 0 bridgehead atoms. The second-order valence-corrected chi connectivity index (χ2v) is 11.4. The van der Waals surface area contributed by atoms with Gasteiger partial charge in [0.1, 0.15) is 5.75 Å². The molecular formula is C16H29NO2Si. The molecule has 0 amide bonds. The summed E-state index contributed by atoms with van der Waals surface area (Å²) in [4.78, 5) is 0. The van der Waals surface area contributed by atoms with E-state index in [1.807, 2.05) is 13.1 Å². The van der Waals surface area contributed by atoms with Gasteiger partial charge in [-0.25, -0.2) is 0 Å². The van der Waals surface area contributed by atoms with Gasteiger partial charge in [0.05, 0.1) is 7.11 Å². The van der Waals surface area contributed by atoms with E-state index in [0.717, 1.165) is 24.5 Å². The van der Waals surface area contributed by atoms with E-state index in [2.05, 4.69) is 51.3 Å². The van der Waals surface area contributed by atoms with Crippen LogP contribution in [0.5, 0.6) is 11.5 Å². The first-order valence-electron chi connectivity index (χ1n) is 7.22. The van der Waals surface area contributed by atoms with Crippen LogP contribution < -0.4 is 14.5 Å². The molecule has 0 fully saturated rings. The number of nitrogens with one attached hydrogen (secondary N) is 1. The van der Waals surface area contributed by atoms with E-state index < -0.39 is 8.32 Å². The van der Waals surface area contributed by atoms with Gasteiger partial charge in [-0.1, -0.05) is 26.8 Å². The number of likely N-dealkylation sites (N-methyl/N-ethyl adjacent to an activating group) is 1. The van der Waals surface area contributed by atoms with E-state index in [1.54, 1.807) is 7.11 Å². The second-order valence-electron chi connectivity index (χ2n) is 6.70. The van der Waals surface area contributed by atoms with Gasteiger partial charge in [-0.3, -0.25) is 0 Å². The van der Waals surface area contributed by atoms with Crippen molar-refractivity contribution in [2.45, 2.75) is 45.3 Å². The molecule has 0 aromatic heterocycles. The average Bonchev–Trinajstić information content (AvgIpc) is 2.35. The van der Waals surface area contributed by atoms with Crippen molar-refractivity contribution in [2.75, 3.05) is 20.7 Å². The minimum atomic E-state index is -1.83. The van der Waals surface area contributed by atoms with E-state index in [9.17, 15) is 0 Å². The fourth-order valence-corrected chi connectivity index (χ4v) is 2.67. The maximum Gasteiger partial charge on any atom is 0.250 e. The standard InChI is InChI=1S/C16H29NO2Si/c1-16(2,3)20(6,7)19-14-9-8-13(10-11-17-4)12-15(14)18-5/h8-9,12,17H,10-11H2,1-7H3. The quantitative estimate of drug-likeness (QED) is 0.809. The van der Waals surface area contributed by atoms with Gasteiger partial charge in [0, 0.05) is 0 Å². The lowest BCUT2D eigenvalue weighted by Crippen LogP contribution is -2.43. The van der Waals surface area contributed by atoms with Crippen molar-refractivity contribution < 1.29 is 9.16 Å².